The zero-order chi connectivity index (χ0) is 24.5. The van der Waals surface area contributed by atoms with Crippen LogP contribution in [0, 0.1) is 13.8 Å². The van der Waals surface area contributed by atoms with E-state index in [9.17, 15) is 9.59 Å². The van der Waals surface area contributed by atoms with E-state index in [1.807, 2.05) is 56.3 Å². The molecular weight excluding hydrogens is 466 g/mol. The van der Waals surface area contributed by atoms with Crippen LogP contribution in [0.5, 0.6) is 0 Å². The molecule has 2 N–H and O–H groups in total. The average molecular weight is 492 g/mol. The smallest absolute Gasteiger partial charge is 0.321 e. The monoisotopic (exact) mass is 491 g/mol. The first-order valence-corrected chi connectivity index (χ1v) is 12.0. The first-order valence-electron chi connectivity index (χ1n) is 11.6. The molecule has 0 spiro atoms. The van der Waals surface area contributed by atoms with Gasteiger partial charge in [0.15, 0.2) is 11.2 Å². The summed E-state index contributed by atoms with van der Waals surface area (Å²) in [7, 11) is 0. The van der Waals surface area contributed by atoms with Crippen LogP contribution in [0.1, 0.15) is 41.3 Å². The molecule has 10 heteroatoms. The summed E-state index contributed by atoms with van der Waals surface area (Å²) in [6.45, 7) is 5.41. The molecule has 2 aromatic heterocycles. The second-order valence-electron chi connectivity index (χ2n) is 9.00. The van der Waals surface area contributed by atoms with Crippen LogP contribution >= 0.6 is 11.6 Å². The number of fused-ring (bicyclic) bond motifs is 1. The van der Waals surface area contributed by atoms with Crippen LogP contribution in [0.15, 0.2) is 47.3 Å². The van der Waals surface area contributed by atoms with Gasteiger partial charge >= 0.3 is 6.03 Å². The van der Waals surface area contributed by atoms with Gasteiger partial charge in [-0.3, -0.25) is 4.79 Å². The summed E-state index contributed by atoms with van der Waals surface area (Å²) < 4.78 is 1.59. The summed E-state index contributed by atoms with van der Waals surface area (Å²) in [6.07, 6.45) is 1.62. The fourth-order valence-electron chi connectivity index (χ4n) is 4.42. The third kappa shape index (κ3) is 4.77. The van der Waals surface area contributed by atoms with E-state index >= 15 is 0 Å². The molecule has 9 nitrogen and oxygen atoms in total. The number of benzene rings is 2. The van der Waals surface area contributed by atoms with Crippen LogP contribution in [0.4, 0.5) is 10.5 Å². The molecule has 1 atom stereocenters. The topological polar surface area (TPSA) is 109 Å². The summed E-state index contributed by atoms with van der Waals surface area (Å²) in [5.41, 5.74) is 4.00. The number of H-pyrrole nitrogens is 1. The number of rotatable bonds is 4. The van der Waals surface area contributed by atoms with Crippen molar-refractivity contribution in [1.82, 2.24) is 29.9 Å². The summed E-state index contributed by atoms with van der Waals surface area (Å²) in [5.74, 6) is 0.434. The molecule has 3 heterocycles. The highest BCUT2D eigenvalue weighted by Gasteiger charge is 2.28. The zero-order valence-electron chi connectivity index (χ0n) is 19.6. The van der Waals surface area contributed by atoms with Crippen LogP contribution in [0.3, 0.4) is 0 Å². The Morgan fingerprint density at radius 2 is 2.06 bits per heavy atom. The third-order valence-corrected chi connectivity index (χ3v) is 6.77. The van der Waals surface area contributed by atoms with Crippen molar-refractivity contribution in [3.8, 4) is 0 Å². The number of carbonyl (C=O) groups excluding carboxylic acids is 1. The Labute approximate surface area is 207 Å². The molecule has 1 saturated heterocycles. The molecule has 5 rings (SSSR count). The van der Waals surface area contributed by atoms with Crippen LogP contribution < -0.4 is 10.9 Å². The number of nitrogens with zero attached hydrogens (tertiary/aromatic N) is 5. The number of urea groups is 1. The minimum Gasteiger partial charge on any atom is -0.324 e. The van der Waals surface area contributed by atoms with E-state index in [0.29, 0.717) is 36.1 Å². The largest absolute Gasteiger partial charge is 0.324 e. The van der Waals surface area contributed by atoms with Gasteiger partial charge in [-0.1, -0.05) is 47.1 Å². The lowest BCUT2D eigenvalue weighted by molar-refractivity contribution is 0.191. The predicted octanol–water partition coefficient (Wildman–Crippen LogP) is 4.24. The van der Waals surface area contributed by atoms with Gasteiger partial charge in [0.25, 0.3) is 5.56 Å². The Morgan fingerprint density at radius 3 is 2.89 bits per heavy atom. The van der Waals surface area contributed by atoms with Crippen LogP contribution in [-0.2, 0) is 6.54 Å². The lowest BCUT2D eigenvalue weighted by Crippen LogP contribution is -2.42. The zero-order valence-corrected chi connectivity index (χ0v) is 20.3. The third-order valence-electron chi connectivity index (χ3n) is 6.40. The van der Waals surface area contributed by atoms with Crippen molar-refractivity contribution < 1.29 is 4.79 Å². The number of aromatic amines is 1. The Balaban J connectivity index is 1.38. The highest BCUT2D eigenvalue weighted by atomic mass is 35.5. The van der Waals surface area contributed by atoms with Crippen LogP contribution in [-0.4, -0.2) is 49.0 Å². The first kappa shape index (κ1) is 23.0. The Morgan fingerprint density at radius 1 is 1.23 bits per heavy atom. The van der Waals surface area contributed by atoms with Crippen molar-refractivity contribution in [2.75, 3.05) is 18.4 Å². The minimum absolute atomic E-state index is 0.103. The number of carbonyl (C=O) groups is 1. The van der Waals surface area contributed by atoms with E-state index < -0.39 is 0 Å². The summed E-state index contributed by atoms with van der Waals surface area (Å²) in [4.78, 5) is 35.2. The van der Waals surface area contributed by atoms with Gasteiger partial charge in [-0.15, -0.1) is 5.10 Å². The molecule has 2 amide bonds. The molecule has 0 unspecified atom stereocenters. The van der Waals surface area contributed by atoms with Gasteiger partial charge in [0.2, 0.25) is 0 Å². The number of hydrogen-bond acceptors (Lipinski definition) is 5. The molecule has 2 aromatic carbocycles. The summed E-state index contributed by atoms with van der Waals surface area (Å²) in [6, 6.07) is 13.3. The predicted molar refractivity (Wildman–Crippen MR) is 135 cm³/mol. The summed E-state index contributed by atoms with van der Waals surface area (Å²) >= 11 is 6.31. The molecular formula is C25H26ClN7O2. The van der Waals surface area contributed by atoms with E-state index in [4.69, 9.17) is 16.6 Å². The number of piperidine rings is 1. The number of aromatic nitrogens is 5. The molecule has 1 aliphatic heterocycles. The second-order valence-corrected chi connectivity index (χ2v) is 9.40. The fraction of sp³-hybridized carbons (Fsp3) is 0.320. The van der Waals surface area contributed by atoms with Crippen molar-refractivity contribution in [2.45, 2.75) is 39.2 Å². The van der Waals surface area contributed by atoms with Crippen molar-refractivity contribution in [3.63, 3.8) is 0 Å². The molecule has 0 radical (unpaired) electrons. The van der Waals surface area contributed by atoms with E-state index in [1.54, 1.807) is 9.58 Å². The molecule has 0 bridgehead atoms. The highest BCUT2D eigenvalue weighted by Crippen LogP contribution is 2.26. The number of aryl methyl sites for hydroxylation is 2. The molecule has 180 valence electrons. The highest BCUT2D eigenvalue weighted by molar-refractivity contribution is 6.31. The van der Waals surface area contributed by atoms with E-state index in [0.717, 1.165) is 35.2 Å². The van der Waals surface area contributed by atoms with E-state index in [1.165, 1.54) is 0 Å². The van der Waals surface area contributed by atoms with Crippen molar-refractivity contribution in [2.24, 2.45) is 0 Å². The molecule has 35 heavy (non-hydrogen) atoms. The number of likely N-dealkylation sites (tertiary alicyclic amines) is 1. The Bertz CT molecular complexity index is 1460. The van der Waals surface area contributed by atoms with Gasteiger partial charge in [0.1, 0.15) is 5.82 Å². The quantitative estimate of drug-likeness (QED) is 0.443. The van der Waals surface area contributed by atoms with Crippen molar-refractivity contribution in [3.05, 3.63) is 80.4 Å². The second kappa shape index (κ2) is 9.50. The maximum Gasteiger partial charge on any atom is 0.321 e. The molecule has 0 saturated carbocycles. The number of hydrogen-bond donors (Lipinski definition) is 2. The SMILES string of the molecule is Cc1ccc(C)c(NC(=O)N2CCC[C@H](c3nc4c(nnn4Cc4ccccc4Cl)c(=O)[nH]3)C2)c1. The Hall–Kier alpha value is -3.72. The number of nitrogens with one attached hydrogen (secondary N) is 2. The van der Waals surface area contributed by atoms with Gasteiger partial charge in [-0.2, -0.15) is 0 Å². The fourth-order valence-corrected chi connectivity index (χ4v) is 4.62. The molecule has 1 aliphatic rings. The normalized spacial score (nSPS) is 16.0. The number of halogens is 1. The van der Waals surface area contributed by atoms with Gasteiger partial charge < -0.3 is 15.2 Å². The maximum absolute atomic E-state index is 13.0. The van der Waals surface area contributed by atoms with Gasteiger partial charge in [0, 0.05) is 29.7 Å². The molecule has 4 aromatic rings. The van der Waals surface area contributed by atoms with E-state index in [2.05, 4.69) is 20.6 Å². The number of amides is 2. The Kier molecular flexibility index (Phi) is 6.25. The first-order chi connectivity index (χ1) is 16.9. The lowest BCUT2D eigenvalue weighted by Gasteiger charge is -2.32. The summed E-state index contributed by atoms with van der Waals surface area (Å²) in [5, 5.41) is 11.8. The molecule has 0 aliphatic carbocycles. The lowest BCUT2D eigenvalue weighted by atomic mass is 9.97. The van der Waals surface area contributed by atoms with E-state index in [-0.39, 0.29) is 23.0 Å². The van der Waals surface area contributed by atoms with Crippen molar-refractivity contribution >= 4 is 34.5 Å². The number of anilines is 1. The maximum atomic E-state index is 13.0. The minimum atomic E-state index is -0.340. The van der Waals surface area contributed by atoms with Crippen LogP contribution in [0.2, 0.25) is 5.02 Å². The standard InChI is InChI=1S/C25H26ClN7O2/c1-15-9-10-16(2)20(12-15)27-25(35)32-11-5-7-18(13-32)22-28-23-21(24(34)29-22)30-31-33(23)14-17-6-3-4-8-19(17)26/h3-4,6,8-10,12,18H,5,7,11,13-14H2,1-2H3,(H,27,35)(H,28,29,34)/t18-/m0/s1. The van der Waals surface area contributed by atoms with Gasteiger partial charge in [0.05, 0.1) is 6.54 Å². The van der Waals surface area contributed by atoms with Crippen LogP contribution in [0.25, 0.3) is 11.2 Å². The van der Waals surface area contributed by atoms with Gasteiger partial charge in [-0.25, -0.2) is 14.5 Å². The molecule has 1 fully saturated rings. The van der Waals surface area contributed by atoms with Gasteiger partial charge in [-0.05, 0) is 55.5 Å². The van der Waals surface area contributed by atoms with Crippen molar-refractivity contribution in [1.29, 1.82) is 0 Å². The average Bonchev–Trinajstić information content (AvgIpc) is 3.26.